The van der Waals surface area contributed by atoms with Crippen LogP contribution in [0.3, 0.4) is 0 Å². The van der Waals surface area contributed by atoms with Crippen molar-refractivity contribution in [3.05, 3.63) is 29.6 Å². The fourth-order valence-corrected chi connectivity index (χ4v) is 1.67. The van der Waals surface area contributed by atoms with Crippen molar-refractivity contribution in [3.8, 4) is 5.75 Å². The Hall–Kier alpha value is -1.72. The number of alkyl halides is 3. The van der Waals surface area contributed by atoms with E-state index in [1.54, 1.807) is 13.1 Å². The predicted octanol–water partition coefficient (Wildman–Crippen LogP) is 2.85. The van der Waals surface area contributed by atoms with Crippen molar-refractivity contribution >= 4 is 5.52 Å². The second kappa shape index (κ2) is 3.40. The van der Waals surface area contributed by atoms with Crippen LogP contribution < -0.4 is 4.74 Å². The van der Waals surface area contributed by atoms with Gasteiger partial charge in [-0.3, -0.25) is 0 Å². The van der Waals surface area contributed by atoms with E-state index < -0.39 is 6.36 Å². The molecule has 0 saturated carbocycles. The summed E-state index contributed by atoms with van der Waals surface area (Å²) in [5.74, 6) is -0.263. The molecule has 0 bridgehead atoms. The molecule has 0 N–H and O–H groups in total. The summed E-state index contributed by atoms with van der Waals surface area (Å²) in [4.78, 5) is 0. The maximum Gasteiger partial charge on any atom is 0.573 e. The highest BCUT2D eigenvalue weighted by molar-refractivity contribution is 5.60. The Balaban J connectivity index is 2.51. The van der Waals surface area contributed by atoms with Gasteiger partial charge in [0.05, 0.1) is 17.9 Å². The average Bonchev–Trinajstić information content (AvgIpc) is 2.44. The third-order valence-corrected chi connectivity index (χ3v) is 2.19. The lowest BCUT2D eigenvalue weighted by atomic mass is 10.2. The van der Waals surface area contributed by atoms with E-state index in [9.17, 15) is 13.2 Å². The van der Waals surface area contributed by atoms with Crippen molar-refractivity contribution in [2.75, 3.05) is 0 Å². The van der Waals surface area contributed by atoms with E-state index in [4.69, 9.17) is 0 Å². The molecule has 6 heteroatoms. The molecule has 0 radical (unpaired) electrons. The highest BCUT2D eigenvalue weighted by atomic mass is 19.4. The summed E-state index contributed by atoms with van der Waals surface area (Å²) in [5.41, 5.74) is 2.40. The highest BCUT2D eigenvalue weighted by Crippen LogP contribution is 2.25. The van der Waals surface area contributed by atoms with Crippen LogP contribution in [0, 0.1) is 13.8 Å². The van der Waals surface area contributed by atoms with Crippen molar-refractivity contribution in [2.24, 2.45) is 0 Å². The van der Waals surface area contributed by atoms with Crippen LogP contribution in [0.1, 0.15) is 11.1 Å². The number of aromatic nitrogens is 2. The van der Waals surface area contributed by atoms with Gasteiger partial charge in [0, 0.05) is 0 Å². The molecule has 0 spiro atoms. The monoisotopic (exact) mass is 230 g/mol. The van der Waals surface area contributed by atoms with Crippen LogP contribution in [-0.2, 0) is 0 Å². The molecule has 0 fully saturated rings. The Labute approximate surface area is 89.4 Å². The van der Waals surface area contributed by atoms with Gasteiger partial charge in [-0.05, 0) is 31.0 Å². The number of aryl methyl sites for hydroxylation is 2. The Morgan fingerprint density at radius 1 is 1.25 bits per heavy atom. The van der Waals surface area contributed by atoms with E-state index >= 15 is 0 Å². The van der Waals surface area contributed by atoms with Crippen LogP contribution in [0.2, 0.25) is 0 Å². The molecule has 16 heavy (non-hydrogen) atoms. The third-order valence-electron chi connectivity index (χ3n) is 2.19. The number of halogens is 3. The molecule has 0 saturated heterocycles. The quantitative estimate of drug-likeness (QED) is 0.753. The second-order valence-corrected chi connectivity index (χ2v) is 3.53. The summed E-state index contributed by atoms with van der Waals surface area (Å²) in [6.07, 6.45) is -1.87. The first kappa shape index (κ1) is 10.8. The molecular weight excluding hydrogens is 221 g/mol. The lowest BCUT2D eigenvalue weighted by molar-refractivity contribution is -0.274. The first-order valence-corrected chi connectivity index (χ1v) is 4.57. The normalized spacial score (nSPS) is 12.1. The van der Waals surface area contributed by atoms with Gasteiger partial charge in [0.15, 0.2) is 0 Å². The van der Waals surface area contributed by atoms with Gasteiger partial charge in [-0.2, -0.15) is 5.10 Å². The Morgan fingerprint density at radius 3 is 2.56 bits per heavy atom. The lowest BCUT2D eigenvalue weighted by Crippen LogP contribution is -2.17. The van der Waals surface area contributed by atoms with E-state index in [2.05, 4.69) is 9.84 Å². The largest absolute Gasteiger partial charge is 0.573 e. The lowest BCUT2D eigenvalue weighted by Gasteiger charge is -2.10. The number of hydrogen-bond acceptors (Lipinski definition) is 2. The average molecular weight is 230 g/mol. The van der Waals surface area contributed by atoms with Crippen molar-refractivity contribution in [1.29, 1.82) is 0 Å². The molecule has 0 atom stereocenters. The smallest absolute Gasteiger partial charge is 0.404 e. The SMILES string of the molecule is Cc1cnn2cc(OC(F)(F)F)cc(C)c12. The van der Waals surface area contributed by atoms with E-state index in [0.29, 0.717) is 5.56 Å². The van der Waals surface area contributed by atoms with E-state index in [-0.39, 0.29) is 5.75 Å². The van der Waals surface area contributed by atoms with Gasteiger partial charge >= 0.3 is 6.36 Å². The molecule has 0 amide bonds. The Bertz CT molecular complexity index is 531. The van der Waals surface area contributed by atoms with Gasteiger partial charge in [0.25, 0.3) is 0 Å². The molecule has 2 heterocycles. The van der Waals surface area contributed by atoms with Crippen molar-refractivity contribution in [2.45, 2.75) is 20.2 Å². The summed E-state index contributed by atoms with van der Waals surface area (Å²) in [6, 6.07) is 1.34. The summed E-state index contributed by atoms with van der Waals surface area (Å²) in [5, 5.41) is 3.94. The summed E-state index contributed by atoms with van der Waals surface area (Å²) < 4.78 is 41.3. The van der Waals surface area contributed by atoms with Gasteiger partial charge in [-0.25, -0.2) is 4.52 Å². The Kier molecular flexibility index (Phi) is 2.29. The van der Waals surface area contributed by atoms with Gasteiger partial charge in [-0.15, -0.1) is 13.2 Å². The number of nitrogens with zero attached hydrogens (tertiary/aromatic N) is 2. The minimum absolute atomic E-state index is 0.263. The molecule has 0 aliphatic heterocycles. The maximum atomic E-state index is 12.0. The minimum Gasteiger partial charge on any atom is -0.404 e. The first-order chi connectivity index (χ1) is 7.37. The van der Waals surface area contributed by atoms with Gasteiger partial charge in [-0.1, -0.05) is 0 Å². The third kappa shape index (κ3) is 1.95. The van der Waals surface area contributed by atoms with Crippen molar-refractivity contribution in [1.82, 2.24) is 9.61 Å². The fraction of sp³-hybridized carbons (Fsp3) is 0.300. The van der Waals surface area contributed by atoms with Crippen molar-refractivity contribution < 1.29 is 17.9 Å². The molecule has 2 aromatic heterocycles. The zero-order chi connectivity index (χ0) is 11.9. The number of pyridine rings is 1. The van der Waals surface area contributed by atoms with Gasteiger partial charge in [0.2, 0.25) is 0 Å². The molecule has 0 aromatic carbocycles. The zero-order valence-corrected chi connectivity index (χ0v) is 8.67. The molecule has 2 rings (SSSR count). The van der Waals surface area contributed by atoms with Crippen LogP contribution >= 0.6 is 0 Å². The first-order valence-electron chi connectivity index (χ1n) is 4.57. The fourth-order valence-electron chi connectivity index (χ4n) is 1.67. The molecule has 86 valence electrons. The molecule has 0 aliphatic carbocycles. The predicted molar refractivity (Wildman–Crippen MR) is 51.3 cm³/mol. The summed E-state index contributed by atoms with van der Waals surface area (Å²) in [6.45, 7) is 3.56. The van der Waals surface area contributed by atoms with Crippen LogP contribution in [0.15, 0.2) is 18.5 Å². The number of rotatable bonds is 1. The van der Waals surface area contributed by atoms with E-state index in [1.165, 1.54) is 16.8 Å². The molecule has 3 nitrogen and oxygen atoms in total. The maximum absolute atomic E-state index is 12.0. The van der Waals surface area contributed by atoms with Crippen LogP contribution in [0.4, 0.5) is 13.2 Å². The van der Waals surface area contributed by atoms with Gasteiger partial charge < -0.3 is 4.74 Å². The second-order valence-electron chi connectivity index (χ2n) is 3.53. The highest BCUT2D eigenvalue weighted by Gasteiger charge is 2.31. The van der Waals surface area contributed by atoms with Crippen LogP contribution in [0.25, 0.3) is 5.52 Å². The number of hydrogen-bond donors (Lipinski definition) is 0. The van der Waals surface area contributed by atoms with E-state index in [1.807, 2.05) is 6.92 Å². The molecule has 0 aliphatic rings. The molecule has 2 aromatic rings. The number of ether oxygens (including phenoxy) is 1. The van der Waals surface area contributed by atoms with E-state index in [0.717, 1.165) is 11.1 Å². The number of fused-ring (bicyclic) bond motifs is 1. The van der Waals surface area contributed by atoms with Gasteiger partial charge in [0.1, 0.15) is 5.75 Å². The Morgan fingerprint density at radius 2 is 1.94 bits per heavy atom. The van der Waals surface area contributed by atoms with Crippen LogP contribution in [-0.4, -0.2) is 16.0 Å². The summed E-state index contributed by atoms with van der Waals surface area (Å²) >= 11 is 0. The van der Waals surface area contributed by atoms with Crippen LogP contribution in [0.5, 0.6) is 5.75 Å². The minimum atomic E-state index is -4.68. The summed E-state index contributed by atoms with van der Waals surface area (Å²) in [7, 11) is 0. The standard InChI is InChI=1S/C10H9F3N2O/c1-6-3-8(16-10(11,12)13)5-15-9(6)7(2)4-14-15/h3-5H,1-2H3. The molecule has 0 unspecified atom stereocenters. The zero-order valence-electron chi connectivity index (χ0n) is 8.67. The topological polar surface area (TPSA) is 26.5 Å². The van der Waals surface area contributed by atoms with Crippen molar-refractivity contribution in [3.63, 3.8) is 0 Å². The molecular formula is C10H9F3N2O.